The van der Waals surface area contributed by atoms with E-state index in [9.17, 15) is 9.90 Å². The second kappa shape index (κ2) is 7.88. The average Bonchev–Trinajstić information content (AvgIpc) is 2.31. The maximum atomic E-state index is 11.6. The van der Waals surface area contributed by atoms with E-state index in [1.807, 2.05) is 0 Å². The van der Waals surface area contributed by atoms with Gasteiger partial charge in [0.15, 0.2) is 0 Å². The number of aliphatic hydroxyl groups excluding tert-OH is 1. The van der Waals surface area contributed by atoms with Crippen LogP contribution in [0.4, 0.5) is 0 Å². The van der Waals surface area contributed by atoms with Crippen LogP contribution in [0.3, 0.4) is 0 Å². The highest BCUT2D eigenvalue weighted by atomic mass is 16.5. The first-order valence-corrected chi connectivity index (χ1v) is 7.70. The number of esters is 1. The Balaban J connectivity index is 2.04. The first-order valence-electron chi connectivity index (χ1n) is 7.70. The van der Waals surface area contributed by atoms with Gasteiger partial charge >= 0.3 is 5.97 Å². The summed E-state index contributed by atoms with van der Waals surface area (Å²) in [5.74, 6) is 0.288. The van der Waals surface area contributed by atoms with Crippen LogP contribution in [-0.4, -0.2) is 23.8 Å². The predicted molar refractivity (Wildman–Crippen MR) is 76.8 cm³/mol. The van der Waals surface area contributed by atoms with Gasteiger partial charge in [0, 0.05) is 6.42 Å². The van der Waals surface area contributed by atoms with Crippen molar-refractivity contribution >= 4 is 5.97 Å². The summed E-state index contributed by atoms with van der Waals surface area (Å²) in [6.07, 6.45) is 7.31. The minimum Gasteiger partial charge on any atom is -0.465 e. The Labute approximate surface area is 117 Å². The number of ether oxygens (including phenoxy) is 1. The molecule has 1 fully saturated rings. The highest BCUT2D eigenvalue weighted by molar-refractivity contribution is 5.69. The van der Waals surface area contributed by atoms with E-state index in [2.05, 4.69) is 20.8 Å². The van der Waals surface area contributed by atoms with Gasteiger partial charge in [-0.25, -0.2) is 0 Å². The third-order valence-corrected chi connectivity index (χ3v) is 3.79. The molecule has 0 heterocycles. The van der Waals surface area contributed by atoms with Gasteiger partial charge < -0.3 is 9.84 Å². The third kappa shape index (κ3) is 8.25. The molecule has 0 spiro atoms. The average molecular weight is 270 g/mol. The van der Waals surface area contributed by atoms with Gasteiger partial charge in [-0.2, -0.15) is 0 Å². The highest BCUT2D eigenvalue weighted by Gasteiger charge is 2.21. The first kappa shape index (κ1) is 16.5. The van der Waals surface area contributed by atoms with E-state index in [4.69, 9.17) is 4.74 Å². The van der Waals surface area contributed by atoms with Crippen LogP contribution in [0, 0.1) is 11.3 Å². The van der Waals surface area contributed by atoms with Gasteiger partial charge in [0.2, 0.25) is 0 Å². The van der Waals surface area contributed by atoms with Crippen molar-refractivity contribution in [2.24, 2.45) is 11.3 Å². The van der Waals surface area contributed by atoms with Crippen LogP contribution in [0.5, 0.6) is 0 Å². The molecule has 3 nitrogen and oxygen atoms in total. The summed E-state index contributed by atoms with van der Waals surface area (Å²) in [5.41, 5.74) is 0.349. The first-order chi connectivity index (χ1) is 8.87. The summed E-state index contributed by atoms with van der Waals surface area (Å²) < 4.78 is 5.31. The molecule has 112 valence electrons. The fourth-order valence-corrected chi connectivity index (χ4v) is 2.62. The smallest absolute Gasteiger partial charge is 0.305 e. The Kier molecular flexibility index (Phi) is 6.84. The minimum absolute atomic E-state index is 0.0750. The van der Waals surface area contributed by atoms with Crippen LogP contribution in [-0.2, 0) is 9.53 Å². The molecule has 19 heavy (non-hydrogen) atoms. The van der Waals surface area contributed by atoms with Gasteiger partial charge in [-0.3, -0.25) is 4.79 Å². The van der Waals surface area contributed by atoms with Crippen molar-refractivity contribution in [2.45, 2.75) is 78.2 Å². The molecule has 2 unspecified atom stereocenters. The van der Waals surface area contributed by atoms with Gasteiger partial charge in [0.25, 0.3) is 0 Å². The molecular formula is C16H30O3. The monoisotopic (exact) mass is 270 g/mol. The van der Waals surface area contributed by atoms with Crippen LogP contribution in [0.25, 0.3) is 0 Å². The molecule has 0 amide bonds. The van der Waals surface area contributed by atoms with Crippen molar-refractivity contribution in [2.75, 3.05) is 6.61 Å². The lowest BCUT2D eigenvalue weighted by atomic mass is 9.88. The van der Waals surface area contributed by atoms with E-state index in [0.29, 0.717) is 24.4 Å². The molecule has 0 aromatic carbocycles. The van der Waals surface area contributed by atoms with Gasteiger partial charge in [-0.1, -0.05) is 33.6 Å². The Morgan fingerprint density at radius 2 is 2.00 bits per heavy atom. The van der Waals surface area contributed by atoms with Gasteiger partial charge in [0.05, 0.1) is 12.7 Å². The number of carbonyl (C=O) groups excluding carboxylic acids is 1. The summed E-state index contributed by atoms with van der Waals surface area (Å²) in [6, 6.07) is 0. The predicted octanol–water partition coefficient (Wildman–Crippen LogP) is 3.69. The van der Waals surface area contributed by atoms with E-state index in [-0.39, 0.29) is 12.1 Å². The molecule has 0 radical (unpaired) electrons. The SMILES string of the molecule is CC(C)(C)CCCCC(=O)OCC1CCCC(O)C1. The number of unbranched alkanes of at least 4 members (excludes halogenated alkanes) is 1. The number of hydrogen-bond acceptors (Lipinski definition) is 3. The number of aliphatic hydroxyl groups is 1. The normalized spacial score (nSPS) is 24.2. The lowest BCUT2D eigenvalue weighted by Gasteiger charge is -2.25. The summed E-state index contributed by atoms with van der Waals surface area (Å²) in [7, 11) is 0. The molecule has 0 aromatic heterocycles. The summed E-state index contributed by atoms with van der Waals surface area (Å²) in [5, 5.41) is 9.55. The van der Waals surface area contributed by atoms with E-state index in [1.54, 1.807) is 0 Å². The molecule has 1 aliphatic rings. The van der Waals surface area contributed by atoms with Crippen LogP contribution in [0.2, 0.25) is 0 Å². The molecule has 0 bridgehead atoms. The molecule has 0 saturated heterocycles. The van der Waals surface area contributed by atoms with Crippen molar-refractivity contribution in [3.05, 3.63) is 0 Å². The molecule has 1 aliphatic carbocycles. The fourth-order valence-electron chi connectivity index (χ4n) is 2.62. The highest BCUT2D eigenvalue weighted by Crippen LogP contribution is 2.25. The molecule has 0 aromatic rings. The molecule has 0 aliphatic heterocycles. The fraction of sp³-hybridized carbons (Fsp3) is 0.938. The van der Waals surface area contributed by atoms with Crippen molar-refractivity contribution in [3.63, 3.8) is 0 Å². The lowest BCUT2D eigenvalue weighted by Crippen LogP contribution is -2.24. The zero-order chi connectivity index (χ0) is 14.3. The van der Waals surface area contributed by atoms with Gasteiger partial charge in [-0.05, 0) is 43.4 Å². The van der Waals surface area contributed by atoms with Crippen LogP contribution in [0.1, 0.15) is 72.1 Å². The Morgan fingerprint density at radius 1 is 1.26 bits per heavy atom. The van der Waals surface area contributed by atoms with E-state index in [1.165, 1.54) is 0 Å². The number of carbonyl (C=O) groups is 1. The minimum atomic E-state index is -0.191. The molecule has 1 saturated carbocycles. The zero-order valence-corrected chi connectivity index (χ0v) is 12.8. The number of hydrogen-bond donors (Lipinski definition) is 1. The molecule has 2 atom stereocenters. The Bertz CT molecular complexity index is 268. The Morgan fingerprint density at radius 3 is 2.63 bits per heavy atom. The second-order valence-corrected chi connectivity index (χ2v) is 7.14. The standard InChI is InChI=1S/C16H30O3/c1-16(2,3)10-5-4-9-15(18)19-12-13-7-6-8-14(17)11-13/h13-14,17H,4-12H2,1-3H3. The van der Waals surface area contributed by atoms with Crippen molar-refractivity contribution in [3.8, 4) is 0 Å². The molecule has 1 N–H and O–H groups in total. The van der Waals surface area contributed by atoms with E-state index in [0.717, 1.165) is 44.9 Å². The third-order valence-electron chi connectivity index (χ3n) is 3.79. The van der Waals surface area contributed by atoms with Crippen molar-refractivity contribution in [1.29, 1.82) is 0 Å². The maximum Gasteiger partial charge on any atom is 0.305 e. The van der Waals surface area contributed by atoms with E-state index < -0.39 is 0 Å². The summed E-state index contributed by atoms with van der Waals surface area (Å²) in [4.78, 5) is 11.6. The lowest BCUT2D eigenvalue weighted by molar-refractivity contribution is -0.146. The van der Waals surface area contributed by atoms with Crippen LogP contribution >= 0.6 is 0 Å². The quantitative estimate of drug-likeness (QED) is 0.591. The van der Waals surface area contributed by atoms with Crippen molar-refractivity contribution in [1.82, 2.24) is 0 Å². The maximum absolute atomic E-state index is 11.6. The number of rotatable bonds is 6. The van der Waals surface area contributed by atoms with Crippen LogP contribution in [0.15, 0.2) is 0 Å². The summed E-state index contributed by atoms with van der Waals surface area (Å²) in [6.45, 7) is 7.16. The van der Waals surface area contributed by atoms with Crippen LogP contribution < -0.4 is 0 Å². The molecule has 1 rings (SSSR count). The van der Waals surface area contributed by atoms with Gasteiger partial charge in [-0.15, -0.1) is 0 Å². The van der Waals surface area contributed by atoms with Gasteiger partial charge in [0.1, 0.15) is 0 Å². The molecule has 3 heteroatoms. The second-order valence-electron chi connectivity index (χ2n) is 7.14. The largest absolute Gasteiger partial charge is 0.465 e. The van der Waals surface area contributed by atoms with E-state index >= 15 is 0 Å². The molecular weight excluding hydrogens is 240 g/mol. The van der Waals surface area contributed by atoms with Crippen molar-refractivity contribution < 1.29 is 14.6 Å². The Hall–Kier alpha value is -0.570. The zero-order valence-electron chi connectivity index (χ0n) is 12.8. The topological polar surface area (TPSA) is 46.5 Å². The summed E-state index contributed by atoms with van der Waals surface area (Å²) >= 11 is 0.